The van der Waals surface area contributed by atoms with Gasteiger partial charge in [-0.05, 0) is 25.3 Å². The van der Waals surface area contributed by atoms with Crippen LogP contribution in [0.25, 0.3) is 6.08 Å². The van der Waals surface area contributed by atoms with E-state index in [9.17, 15) is 5.11 Å². The summed E-state index contributed by atoms with van der Waals surface area (Å²) in [4.78, 5) is 7.07. The van der Waals surface area contributed by atoms with Gasteiger partial charge in [-0.2, -0.15) is 0 Å². The lowest BCUT2D eigenvalue weighted by molar-refractivity contribution is 0.166. The minimum Gasteiger partial charge on any atom is -0.396 e. The van der Waals surface area contributed by atoms with Gasteiger partial charge >= 0.3 is 0 Å². The molecule has 140 valence electrons. The third-order valence-corrected chi connectivity index (χ3v) is 4.30. The molecule has 5 heteroatoms. The molecule has 1 heterocycles. The zero-order chi connectivity index (χ0) is 17.4. The number of rotatable bonds is 5. The lowest BCUT2D eigenvalue weighted by Crippen LogP contribution is -2.45. The van der Waals surface area contributed by atoms with Crippen LogP contribution in [-0.2, 0) is 0 Å². The molecule has 1 aromatic rings. The van der Waals surface area contributed by atoms with E-state index in [2.05, 4.69) is 53.5 Å². The lowest BCUT2D eigenvalue weighted by atomic mass is 9.95. The number of guanidine groups is 1. The van der Waals surface area contributed by atoms with Crippen molar-refractivity contribution in [2.45, 2.75) is 33.6 Å². The molecule has 2 N–H and O–H groups in total. The first kappa shape index (κ1) is 22.0. The largest absolute Gasteiger partial charge is 0.396 e. The van der Waals surface area contributed by atoms with Gasteiger partial charge in [-0.25, -0.2) is 0 Å². The average molecular weight is 457 g/mol. The molecule has 2 rings (SSSR count). The van der Waals surface area contributed by atoms with E-state index in [1.165, 1.54) is 11.1 Å². The van der Waals surface area contributed by atoms with E-state index in [1.807, 2.05) is 13.8 Å². The fourth-order valence-corrected chi connectivity index (χ4v) is 2.70. The predicted molar refractivity (Wildman–Crippen MR) is 117 cm³/mol. The van der Waals surface area contributed by atoms with Crippen molar-refractivity contribution in [1.29, 1.82) is 0 Å². The Balaban J connectivity index is 0.00000312. The molecular formula is C20H32IN3O. The lowest BCUT2D eigenvalue weighted by Gasteiger charge is -2.32. The van der Waals surface area contributed by atoms with E-state index in [-0.39, 0.29) is 36.0 Å². The van der Waals surface area contributed by atoms with Gasteiger partial charge in [0.05, 0.1) is 6.54 Å². The van der Waals surface area contributed by atoms with Gasteiger partial charge in [0.15, 0.2) is 5.96 Å². The van der Waals surface area contributed by atoms with E-state index in [4.69, 9.17) is 4.99 Å². The van der Waals surface area contributed by atoms with Gasteiger partial charge in [-0.3, -0.25) is 4.99 Å². The Bertz CT molecular complexity index is 560. The second kappa shape index (κ2) is 10.8. The molecule has 1 aliphatic heterocycles. The fourth-order valence-electron chi connectivity index (χ4n) is 2.70. The third kappa shape index (κ3) is 7.36. The summed E-state index contributed by atoms with van der Waals surface area (Å²) in [6.07, 6.45) is 4.46. The molecule has 0 radical (unpaired) electrons. The monoisotopic (exact) mass is 457 g/mol. The molecule has 0 aliphatic carbocycles. The predicted octanol–water partition coefficient (Wildman–Crippen LogP) is 3.77. The molecule has 0 atom stereocenters. The summed E-state index contributed by atoms with van der Waals surface area (Å²) < 4.78 is 0. The summed E-state index contributed by atoms with van der Waals surface area (Å²) >= 11 is 0. The van der Waals surface area contributed by atoms with Crippen LogP contribution in [0.5, 0.6) is 0 Å². The third-order valence-electron chi connectivity index (χ3n) is 4.30. The van der Waals surface area contributed by atoms with E-state index >= 15 is 0 Å². The SMILES string of the molecule is CCNC(=NCC(C)(C)CO)N1CCC(=Cc2ccccc2)CC1.I. The van der Waals surface area contributed by atoms with Crippen molar-refractivity contribution in [3.8, 4) is 0 Å². The Kier molecular flexibility index (Phi) is 9.50. The molecule has 1 saturated heterocycles. The van der Waals surface area contributed by atoms with E-state index in [0.29, 0.717) is 6.54 Å². The van der Waals surface area contributed by atoms with E-state index in [1.54, 1.807) is 0 Å². The highest BCUT2D eigenvalue weighted by atomic mass is 127. The number of aliphatic hydroxyl groups is 1. The summed E-state index contributed by atoms with van der Waals surface area (Å²) in [5, 5.41) is 12.8. The van der Waals surface area contributed by atoms with Crippen LogP contribution in [-0.4, -0.2) is 48.8 Å². The number of piperidine rings is 1. The van der Waals surface area contributed by atoms with E-state index in [0.717, 1.165) is 38.4 Å². The van der Waals surface area contributed by atoms with Crippen LogP contribution in [0, 0.1) is 5.41 Å². The molecule has 0 saturated carbocycles. The molecule has 1 aliphatic rings. The first-order valence-corrected chi connectivity index (χ1v) is 8.93. The maximum atomic E-state index is 9.41. The maximum absolute atomic E-state index is 9.41. The number of benzene rings is 1. The van der Waals surface area contributed by atoms with Gasteiger partial charge < -0.3 is 15.3 Å². The highest BCUT2D eigenvalue weighted by Gasteiger charge is 2.20. The van der Waals surface area contributed by atoms with Crippen LogP contribution in [0.4, 0.5) is 0 Å². The summed E-state index contributed by atoms with van der Waals surface area (Å²) in [5.41, 5.74) is 2.62. The van der Waals surface area contributed by atoms with Crippen molar-refractivity contribution in [2.24, 2.45) is 10.4 Å². The van der Waals surface area contributed by atoms with Crippen LogP contribution in [0.15, 0.2) is 40.9 Å². The molecular weight excluding hydrogens is 425 g/mol. The van der Waals surface area contributed by atoms with Crippen molar-refractivity contribution in [3.05, 3.63) is 41.5 Å². The van der Waals surface area contributed by atoms with Crippen LogP contribution >= 0.6 is 24.0 Å². The molecule has 1 aromatic carbocycles. The van der Waals surface area contributed by atoms with Crippen LogP contribution in [0.1, 0.15) is 39.2 Å². The Morgan fingerprint density at radius 3 is 2.44 bits per heavy atom. The van der Waals surface area contributed by atoms with Crippen LogP contribution in [0.2, 0.25) is 0 Å². The number of likely N-dealkylation sites (tertiary alicyclic amines) is 1. The number of halogens is 1. The smallest absolute Gasteiger partial charge is 0.193 e. The van der Waals surface area contributed by atoms with Crippen molar-refractivity contribution < 1.29 is 5.11 Å². The molecule has 4 nitrogen and oxygen atoms in total. The normalized spacial score (nSPS) is 15.6. The zero-order valence-corrected chi connectivity index (χ0v) is 18.0. The molecule has 25 heavy (non-hydrogen) atoms. The Morgan fingerprint density at radius 1 is 1.24 bits per heavy atom. The minimum absolute atomic E-state index is 0. The van der Waals surface area contributed by atoms with Crippen LogP contribution < -0.4 is 5.32 Å². The summed E-state index contributed by atoms with van der Waals surface area (Å²) in [6, 6.07) is 10.5. The quantitative estimate of drug-likeness (QED) is 0.402. The van der Waals surface area contributed by atoms with Crippen molar-refractivity contribution >= 4 is 36.0 Å². The summed E-state index contributed by atoms with van der Waals surface area (Å²) in [7, 11) is 0. The topological polar surface area (TPSA) is 47.9 Å². The average Bonchev–Trinajstić information content (AvgIpc) is 2.60. The fraction of sp³-hybridized carbons (Fsp3) is 0.550. The standard InChI is InChI=1S/C20H31N3O.HI/c1-4-21-19(22-15-20(2,3)16-24)23-12-10-18(11-13-23)14-17-8-6-5-7-9-17;/h5-9,14,24H,4,10-13,15-16H2,1-3H3,(H,21,22);1H. The number of nitrogens with zero attached hydrogens (tertiary/aromatic N) is 2. The highest BCUT2D eigenvalue weighted by molar-refractivity contribution is 14.0. The number of nitrogens with one attached hydrogen (secondary N) is 1. The molecule has 0 unspecified atom stereocenters. The van der Waals surface area contributed by atoms with E-state index < -0.39 is 0 Å². The number of aliphatic hydroxyl groups excluding tert-OH is 1. The van der Waals surface area contributed by atoms with Gasteiger partial charge in [0, 0.05) is 31.7 Å². The van der Waals surface area contributed by atoms with Crippen molar-refractivity contribution in [1.82, 2.24) is 10.2 Å². The maximum Gasteiger partial charge on any atom is 0.193 e. The molecule has 0 aromatic heterocycles. The Morgan fingerprint density at radius 2 is 1.88 bits per heavy atom. The first-order valence-electron chi connectivity index (χ1n) is 8.93. The molecule has 0 bridgehead atoms. The highest BCUT2D eigenvalue weighted by Crippen LogP contribution is 2.20. The van der Waals surface area contributed by atoms with Crippen LogP contribution in [0.3, 0.4) is 0 Å². The minimum atomic E-state index is -0.172. The second-order valence-electron chi connectivity index (χ2n) is 7.19. The van der Waals surface area contributed by atoms with Gasteiger partial charge in [0.2, 0.25) is 0 Å². The number of hydrogen-bond acceptors (Lipinski definition) is 2. The van der Waals surface area contributed by atoms with Crippen molar-refractivity contribution in [3.63, 3.8) is 0 Å². The zero-order valence-electron chi connectivity index (χ0n) is 15.7. The van der Waals surface area contributed by atoms with Gasteiger partial charge in [-0.1, -0.05) is 55.8 Å². The van der Waals surface area contributed by atoms with Crippen molar-refractivity contribution in [2.75, 3.05) is 32.8 Å². The summed E-state index contributed by atoms with van der Waals surface area (Å²) in [5.74, 6) is 0.970. The first-order chi connectivity index (χ1) is 11.5. The molecule has 1 fully saturated rings. The number of aliphatic imine (C=N–C) groups is 1. The Hall–Kier alpha value is -1.08. The summed E-state index contributed by atoms with van der Waals surface area (Å²) in [6.45, 7) is 9.80. The second-order valence-corrected chi connectivity index (χ2v) is 7.19. The molecule has 0 spiro atoms. The van der Waals surface area contributed by atoms with Gasteiger partial charge in [0.25, 0.3) is 0 Å². The van der Waals surface area contributed by atoms with Gasteiger partial charge in [0.1, 0.15) is 0 Å². The Labute approximate surface area is 169 Å². The van der Waals surface area contributed by atoms with Gasteiger partial charge in [-0.15, -0.1) is 24.0 Å². The number of hydrogen-bond donors (Lipinski definition) is 2. The molecule has 0 amide bonds.